The molecule has 0 bridgehead atoms. The van der Waals surface area contributed by atoms with Gasteiger partial charge in [0.05, 0.1) is 5.69 Å². The number of ether oxygens (including phenoxy) is 2. The molecule has 0 aliphatic carbocycles. The van der Waals surface area contributed by atoms with Crippen LogP contribution in [0.3, 0.4) is 0 Å². The summed E-state index contributed by atoms with van der Waals surface area (Å²) >= 11 is 0.705. The lowest BCUT2D eigenvalue weighted by molar-refractivity contribution is -0.148. The number of esters is 1. The Morgan fingerprint density at radius 1 is 1.21 bits per heavy atom. The second-order valence-electron chi connectivity index (χ2n) is 6.42. The number of aryl methyl sites for hydroxylation is 1. The molecule has 2 unspecified atom stereocenters. The molecule has 1 aliphatic heterocycles. The first-order valence-electron chi connectivity index (χ1n) is 8.74. The Morgan fingerprint density at radius 2 is 1.96 bits per heavy atom. The molecule has 1 aromatic carbocycles. The maximum Gasteiger partial charge on any atom is 0.303 e. The fraction of sp³-hybridized carbons (Fsp3) is 0.300. The van der Waals surface area contributed by atoms with Crippen LogP contribution in [0.5, 0.6) is 5.75 Å². The summed E-state index contributed by atoms with van der Waals surface area (Å²) in [7, 11) is 0. The molecule has 28 heavy (non-hydrogen) atoms. The number of carbonyl (C=O) groups excluding carboxylic acids is 3. The molecule has 0 spiro atoms. The van der Waals surface area contributed by atoms with E-state index in [0.717, 1.165) is 11.1 Å². The maximum atomic E-state index is 11.7. The highest BCUT2D eigenvalue weighted by molar-refractivity contribution is 8.26. The Bertz CT molecular complexity index is 867. The van der Waals surface area contributed by atoms with Crippen molar-refractivity contribution in [3.05, 3.63) is 59.4 Å². The van der Waals surface area contributed by atoms with Crippen LogP contribution in [0.4, 0.5) is 4.79 Å². The lowest BCUT2D eigenvalue weighted by atomic mass is 10.1. The second-order valence-corrected chi connectivity index (χ2v) is 7.40. The van der Waals surface area contributed by atoms with E-state index >= 15 is 0 Å². The molecule has 1 fully saturated rings. The van der Waals surface area contributed by atoms with Gasteiger partial charge in [-0.15, -0.1) is 0 Å². The molecule has 146 valence electrons. The zero-order valence-corrected chi connectivity index (χ0v) is 16.3. The van der Waals surface area contributed by atoms with E-state index in [4.69, 9.17) is 9.47 Å². The molecular weight excluding hydrogens is 380 g/mol. The SMILES string of the molecule is CC(=O)OC(COc1ccc(CC2NC(=O)SC2=O)cc1)c1ccc(C)cn1. The molecule has 1 N–H and O–H groups in total. The van der Waals surface area contributed by atoms with E-state index in [2.05, 4.69) is 10.3 Å². The number of hydrogen-bond donors (Lipinski definition) is 1. The van der Waals surface area contributed by atoms with E-state index < -0.39 is 18.1 Å². The third kappa shape index (κ3) is 5.32. The Morgan fingerprint density at radius 3 is 2.54 bits per heavy atom. The predicted octanol–water partition coefficient (Wildman–Crippen LogP) is 2.97. The summed E-state index contributed by atoms with van der Waals surface area (Å²) in [5, 5.41) is 2.16. The molecule has 2 aromatic rings. The average molecular weight is 400 g/mol. The van der Waals surface area contributed by atoms with Crippen LogP contribution in [0.15, 0.2) is 42.6 Å². The van der Waals surface area contributed by atoms with Gasteiger partial charge in [0.25, 0.3) is 5.24 Å². The Labute approximate surface area is 166 Å². The summed E-state index contributed by atoms with van der Waals surface area (Å²) in [5.74, 6) is 0.191. The molecule has 1 aliphatic rings. The number of benzene rings is 1. The van der Waals surface area contributed by atoms with Gasteiger partial charge in [-0.25, -0.2) is 0 Å². The normalized spacial score (nSPS) is 17.1. The van der Waals surface area contributed by atoms with Crippen molar-refractivity contribution >= 4 is 28.1 Å². The van der Waals surface area contributed by atoms with E-state index in [1.165, 1.54) is 6.92 Å². The van der Waals surface area contributed by atoms with Gasteiger partial charge in [0, 0.05) is 31.3 Å². The third-order valence-electron chi connectivity index (χ3n) is 4.11. The summed E-state index contributed by atoms with van der Waals surface area (Å²) in [5.41, 5.74) is 2.54. The highest BCUT2D eigenvalue weighted by Gasteiger charge is 2.31. The van der Waals surface area contributed by atoms with Crippen molar-refractivity contribution in [1.82, 2.24) is 10.3 Å². The summed E-state index contributed by atoms with van der Waals surface area (Å²) in [6, 6.07) is 10.4. The van der Waals surface area contributed by atoms with Crippen LogP contribution >= 0.6 is 11.8 Å². The van der Waals surface area contributed by atoms with Gasteiger partial charge in [0.1, 0.15) is 18.4 Å². The Kier molecular flexibility index (Phi) is 6.30. The van der Waals surface area contributed by atoms with Crippen LogP contribution in [0.1, 0.15) is 29.8 Å². The van der Waals surface area contributed by atoms with Gasteiger partial charge in [0.15, 0.2) is 6.10 Å². The van der Waals surface area contributed by atoms with Crippen molar-refractivity contribution in [1.29, 1.82) is 0 Å². The molecule has 3 rings (SSSR count). The fourth-order valence-electron chi connectivity index (χ4n) is 2.71. The van der Waals surface area contributed by atoms with E-state index in [-0.39, 0.29) is 17.0 Å². The van der Waals surface area contributed by atoms with Crippen LogP contribution in [0, 0.1) is 6.92 Å². The molecule has 8 heteroatoms. The molecule has 1 amide bonds. The average Bonchev–Trinajstić information content (AvgIpc) is 2.97. The first kappa shape index (κ1) is 19.9. The molecule has 2 heterocycles. The summed E-state index contributed by atoms with van der Waals surface area (Å²) in [6.07, 6.45) is 1.53. The molecule has 2 atom stereocenters. The van der Waals surface area contributed by atoms with Gasteiger partial charge in [-0.2, -0.15) is 0 Å². The van der Waals surface area contributed by atoms with Crippen molar-refractivity contribution in [2.75, 3.05) is 6.61 Å². The molecule has 1 aromatic heterocycles. The number of carbonyl (C=O) groups is 3. The quantitative estimate of drug-likeness (QED) is 0.714. The zero-order valence-electron chi connectivity index (χ0n) is 15.5. The first-order valence-corrected chi connectivity index (χ1v) is 9.56. The van der Waals surface area contributed by atoms with Crippen molar-refractivity contribution < 1.29 is 23.9 Å². The molecule has 0 saturated carbocycles. The number of pyridine rings is 1. The van der Waals surface area contributed by atoms with Crippen molar-refractivity contribution in [2.24, 2.45) is 0 Å². The maximum absolute atomic E-state index is 11.7. The largest absolute Gasteiger partial charge is 0.489 e. The van der Waals surface area contributed by atoms with Gasteiger partial charge in [-0.1, -0.05) is 18.2 Å². The van der Waals surface area contributed by atoms with Gasteiger partial charge in [0.2, 0.25) is 5.12 Å². The van der Waals surface area contributed by atoms with E-state index in [1.54, 1.807) is 24.4 Å². The van der Waals surface area contributed by atoms with Crippen LogP contribution in [0.25, 0.3) is 0 Å². The summed E-state index contributed by atoms with van der Waals surface area (Å²) in [6.45, 7) is 3.40. The zero-order chi connectivity index (χ0) is 20.1. The van der Waals surface area contributed by atoms with Gasteiger partial charge < -0.3 is 14.8 Å². The Balaban J connectivity index is 1.60. The molecular formula is C20H20N2O5S. The minimum atomic E-state index is -0.610. The predicted molar refractivity (Wildman–Crippen MR) is 104 cm³/mol. The number of nitrogens with zero attached hydrogens (tertiary/aromatic N) is 1. The molecule has 1 saturated heterocycles. The van der Waals surface area contributed by atoms with Crippen molar-refractivity contribution in [3.63, 3.8) is 0 Å². The smallest absolute Gasteiger partial charge is 0.303 e. The number of hydrogen-bond acceptors (Lipinski definition) is 7. The minimum Gasteiger partial charge on any atom is -0.489 e. The van der Waals surface area contributed by atoms with E-state index in [0.29, 0.717) is 29.6 Å². The number of thioether (sulfide) groups is 1. The van der Waals surface area contributed by atoms with E-state index in [9.17, 15) is 14.4 Å². The second kappa shape index (κ2) is 8.88. The fourth-order valence-corrected chi connectivity index (χ4v) is 3.38. The number of rotatable bonds is 7. The summed E-state index contributed by atoms with van der Waals surface area (Å²) in [4.78, 5) is 38.6. The van der Waals surface area contributed by atoms with Gasteiger partial charge in [-0.3, -0.25) is 19.4 Å². The standard InChI is InChI=1S/C20H20N2O5S/c1-12-3-8-16(21-10-12)18(27-13(2)23)11-26-15-6-4-14(5-7-15)9-17-19(24)28-20(25)22-17/h3-8,10,17-18H,9,11H2,1-2H3,(H,22,25). The number of amides is 1. The van der Waals surface area contributed by atoms with E-state index in [1.807, 2.05) is 25.1 Å². The van der Waals surface area contributed by atoms with Gasteiger partial charge in [-0.05, 0) is 36.2 Å². The lowest BCUT2D eigenvalue weighted by Crippen LogP contribution is -2.30. The minimum absolute atomic E-state index is 0.128. The number of aromatic nitrogens is 1. The summed E-state index contributed by atoms with van der Waals surface area (Å²) < 4.78 is 11.1. The first-order chi connectivity index (χ1) is 13.4. The molecule has 0 radical (unpaired) electrons. The van der Waals surface area contributed by atoms with Crippen molar-refractivity contribution in [2.45, 2.75) is 32.4 Å². The third-order valence-corrected chi connectivity index (χ3v) is 4.90. The van der Waals surface area contributed by atoms with Crippen LogP contribution < -0.4 is 10.1 Å². The molecule has 7 nitrogen and oxygen atoms in total. The monoisotopic (exact) mass is 400 g/mol. The van der Waals surface area contributed by atoms with Crippen molar-refractivity contribution in [3.8, 4) is 5.75 Å². The lowest BCUT2D eigenvalue weighted by Gasteiger charge is -2.17. The highest BCUT2D eigenvalue weighted by atomic mass is 32.2. The van der Waals surface area contributed by atoms with Crippen LogP contribution in [0.2, 0.25) is 0 Å². The topological polar surface area (TPSA) is 94.6 Å². The van der Waals surface area contributed by atoms with Crippen LogP contribution in [-0.4, -0.2) is 34.0 Å². The highest BCUT2D eigenvalue weighted by Crippen LogP contribution is 2.22. The van der Waals surface area contributed by atoms with Crippen LogP contribution in [-0.2, 0) is 20.7 Å². The number of nitrogens with one attached hydrogen (secondary N) is 1. The van der Waals surface area contributed by atoms with Gasteiger partial charge >= 0.3 is 5.97 Å². The Hall–Kier alpha value is -2.87.